The van der Waals surface area contributed by atoms with Crippen molar-refractivity contribution in [2.75, 3.05) is 33.8 Å². The number of likely N-dealkylation sites (tertiary alicyclic amines) is 1. The molecule has 1 saturated heterocycles. The Morgan fingerprint density at radius 1 is 0.957 bits per heavy atom. The van der Waals surface area contributed by atoms with Gasteiger partial charge in [0.15, 0.2) is 0 Å². The molecule has 2 atom stereocenters. The molecule has 0 radical (unpaired) electrons. The number of hydrogen-bond acceptors (Lipinski definition) is 7. The number of alkyl carbamates (subject to hydrolysis) is 1. The van der Waals surface area contributed by atoms with Crippen molar-refractivity contribution in [2.24, 2.45) is 0 Å². The zero-order valence-corrected chi connectivity index (χ0v) is 27.0. The van der Waals surface area contributed by atoms with Gasteiger partial charge in [0, 0.05) is 30.1 Å². The van der Waals surface area contributed by atoms with E-state index in [4.69, 9.17) is 14.5 Å². The molecule has 1 aliphatic rings. The van der Waals surface area contributed by atoms with E-state index in [-0.39, 0.29) is 18.4 Å². The van der Waals surface area contributed by atoms with E-state index in [1.54, 1.807) is 13.2 Å². The van der Waals surface area contributed by atoms with Gasteiger partial charge in [-0.3, -0.25) is 9.59 Å². The van der Waals surface area contributed by atoms with Crippen molar-refractivity contribution >= 4 is 28.8 Å². The summed E-state index contributed by atoms with van der Waals surface area (Å²) in [6, 6.07) is 25.8. The van der Waals surface area contributed by atoms with E-state index < -0.39 is 12.1 Å². The molecule has 4 aromatic rings. The number of nitrogens with zero attached hydrogens (tertiary/aromatic N) is 2. The van der Waals surface area contributed by atoms with Crippen molar-refractivity contribution in [3.05, 3.63) is 96.1 Å². The van der Waals surface area contributed by atoms with Gasteiger partial charge in [-0.1, -0.05) is 48.5 Å². The average molecular weight is 638 g/mol. The molecule has 3 N–H and O–H groups in total. The largest absolute Gasteiger partial charge is 0.497 e. The molecule has 246 valence electrons. The summed E-state index contributed by atoms with van der Waals surface area (Å²) in [6.45, 7) is 2.04. The summed E-state index contributed by atoms with van der Waals surface area (Å²) in [5.41, 5.74) is 3.46. The van der Waals surface area contributed by atoms with Gasteiger partial charge in [-0.2, -0.15) is 0 Å². The van der Waals surface area contributed by atoms with Gasteiger partial charge in [-0.05, 0) is 87.7 Å². The van der Waals surface area contributed by atoms with E-state index in [9.17, 15) is 14.4 Å². The fraction of sp³-hybridized carbons (Fsp3) is 0.351. The van der Waals surface area contributed by atoms with Gasteiger partial charge >= 0.3 is 6.09 Å². The summed E-state index contributed by atoms with van der Waals surface area (Å²) in [5, 5.41) is 9.47. The molecule has 1 fully saturated rings. The molecule has 0 aliphatic carbocycles. The van der Waals surface area contributed by atoms with E-state index in [2.05, 4.69) is 27.9 Å². The van der Waals surface area contributed by atoms with E-state index in [1.165, 1.54) is 0 Å². The van der Waals surface area contributed by atoms with Crippen LogP contribution in [0.25, 0.3) is 22.2 Å². The highest BCUT2D eigenvalue weighted by Gasteiger charge is 2.25. The summed E-state index contributed by atoms with van der Waals surface area (Å²) in [7, 11) is 3.72. The van der Waals surface area contributed by atoms with Crippen LogP contribution in [0.1, 0.15) is 48.0 Å². The number of aromatic nitrogens is 1. The lowest BCUT2D eigenvalue weighted by molar-refractivity contribution is -0.123. The van der Waals surface area contributed by atoms with Crippen LogP contribution >= 0.6 is 0 Å². The zero-order chi connectivity index (χ0) is 33.0. The van der Waals surface area contributed by atoms with Gasteiger partial charge in [0.2, 0.25) is 5.91 Å². The van der Waals surface area contributed by atoms with Crippen LogP contribution in [-0.4, -0.2) is 73.7 Å². The van der Waals surface area contributed by atoms with Crippen LogP contribution in [0.15, 0.2) is 84.9 Å². The standard InChI is InChI=1S/C37H43N5O5/c1-42-23-9-12-28(42)20-22-38-36(44)33(15-8-21-39-37(45)47-25-26-10-4-3-5-11-26)41-35(43)31-24-34(27-16-18-29(46-2)19-17-27)40-32-14-7-6-13-30(31)32/h3-7,10-11,13-14,16-19,24,28,33H,8-9,12,15,20-23,25H2,1-2H3,(H,38,44)(H,39,45)(H,41,43). The summed E-state index contributed by atoms with van der Waals surface area (Å²) < 4.78 is 10.6. The third-order valence-corrected chi connectivity index (χ3v) is 8.57. The maximum atomic E-state index is 13.9. The normalized spacial score (nSPS) is 15.1. The van der Waals surface area contributed by atoms with Gasteiger partial charge in [-0.15, -0.1) is 0 Å². The Labute approximate surface area is 275 Å². The van der Waals surface area contributed by atoms with Crippen LogP contribution in [0, 0.1) is 0 Å². The van der Waals surface area contributed by atoms with E-state index in [0.29, 0.717) is 54.1 Å². The van der Waals surface area contributed by atoms with Crippen molar-refractivity contribution < 1.29 is 23.9 Å². The van der Waals surface area contributed by atoms with Crippen LogP contribution in [0.4, 0.5) is 4.79 Å². The van der Waals surface area contributed by atoms with Gasteiger partial charge in [-0.25, -0.2) is 9.78 Å². The average Bonchev–Trinajstić information content (AvgIpc) is 3.52. The minimum atomic E-state index is -0.803. The monoisotopic (exact) mass is 637 g/mol. The molecule has 47 heavy (non-hydrogen) atoms. The van der Waals surface area contributed by atoms with E-state index >= 15 is 0 Å². The summed E-state index contributed by atoms with van der Waals surface area (Å²) >= 11 is 0. The second kappa shape index (κ2) is 16.6. The first-order valence-corrected chi connectivity index (χ1v) is 16.2. The number of hydrogen-bond donors (Lipinski definition) is 3. The number of rotatable bonds is 14. The SMILES string of the molecule is COc1ccc(-c2cc(C(=O)NC(CCCNC(=O)OCc3ccccc3)C(=O)NCCC3CCCN3C)c3ccccc3n2)cc1. The number of amides is 3. The molecule has 10 heteroatoms. The molecule has 0 spiro atoms. The predicted octanol–water partition coefficient (Wildman–Crippen LogP) is 5.32. The first-order chi connectivity index (χ1) is 22.9. The predicted molar refractivity (Wildman–Crippen MR) is 182 cm³/mol. The molecule has 1 aliphatic heterocycles. The fourth-order valence-electron chi connectivity index (χ4n) is 5.88. The van der Waals surface area contributed by atoms with Gasteiger partial charge in [0.1, 0.15) is 18.4 Å². The summed E-state index contributed by atoms with van der Waals surface area (Å²) in [4.78, 5) is 46.8. The molecular weight excluding hydrogens is 594 g/mol. The Bertz CT molecular complexity index is 1650. The number of benzene rings is 3. The number of methoxy groups -OCH3 is 1. The lowest BCUT2D eigenvalue weighted by Gasteiger charge is -2.22. The number of para-hydroxylation sites is 1. The maximum Gasteiger partial charge on any atom is 0.407 e. The molecule has 2 unspecified atom stereocenters. The molecule has 0 saturated carbocycles. The smallest absolute Gasteiger partial charge is 0.407 e. The molecule has 0 bridgehead atoms. The van der Waals surface area contributed by atoms with Crippen molar-refractivity contribution in [1.82, 2.24) is 25.8 Å². The fourth-order valence-corrected chi connectivity index (χ4v) is 5.88. The molecule has 3 amide bonds. The molecule has 10 nitrogen and oxygen atoms in total. The summed E-state index contributed by atoms with van der Waals surface area (Å²) in [6.07, 6.45) is 3.37. The number of pyridine rings is 1. The number of ether oxygens (including phenoxy) is 2. The number of nitrogens with one attached hydrogen (secondary N) is 3. The first-order valence-electron chi connectivity index (χ1n) is 16.2. The third kappa shape index (κ3) is 9.29. The van der Waals surface area contributed by atoms with Crippen LogP contribution in [0.3, 0.4) is 0 Å². The van der Waals surface area contributed by atoms with Gasteiger partial charge < -0.3 is 30.3 Å². The molecule has 5 rings (SSSR count). The maximum absolute atomic E-state index is 13.9. The third-order valence-electron chi connectivity index (χ3n) is 8.57. The highest BCUT2D eigenvalue weighted by molar-refractivity contribution is 6.08. The Hall–Kier alpha value is -4.96. The molecule has 3 aromatic carbocycles. The number of carbonyl (C=O) groups excluding carboxylic acids is 3. The highest BCUT2D eigenvalue weighted by atomic mass is 16.5. The van der Waals surface area contributed by atoms with Gasteiger partial charge in [0.05, 0.1) is 23.9 Å². The van der Waals surface area contributed by atoms with Crippen molar-refractivity contribution in [3.8, 4) is 17.0 Å². The first kappa shape index (κ1) is 33.4. The van der Waals surface area contributed by atoms with E-state index in [0.717, 1.165) is 42.7 Å². The number of carbonyl (C=O) groups is 3. The second-order valence-electron chi connectivity index (χ2n) is 11.8. The van der Waals surface area contributed by atoms with Crippen LogP contribution < -0.4 is 20.7 Å². The Kier molecular flexibility index (Phi) is 11.8. The van der Waals surface area contributed by atoms with Crippen molar-refractivity contribution in [2.45, 2.75) is 50.8 Å². The quantitative estimate of drug-likeness (QED) is 0.160. The lowest BCUT2D eigenvalue weighted by Crippen LogP contribution is -2.47. The Morgan fingerprint density at radius 2 is 1.72 bits per heavy atom. The van der Waals surface area contributed by atoms with Crippen LogP contribution in [-0.2, 0) is 16.1 Å². The highest BCUT2D eigenvalue weighted by Crippen LogP contribution is 2.26. The minimum Gasteiger partial charge on any atom is -0.497 e. The Morgan fingerprint density at radius 3 is 2.47 bits per heavy atom. The molecular formula is C37H43N5O5. The molecule has 1 aromatic heterocycles. The van der Waals surface area contributed by atoms with Crippen LogP contribution in [0.2, 0.25) is 0 Å². The minimum absolute atomic E-state index is 0.169. The van der Waals surface area contributed by atoms with Crippen molar-refractivity contribution in [1.29, 1.82) is 0 Å². The Balaban J connectivity index is 1.26. The second-order valence-corrected chi connectivity index (χ2v) is 11.8. The zero-order valence-electron chi connectivity index (χ0n) is 27.0. The lowest BCUT2D eigenvalue weighted by atomic mass is 10.0. The van der Waals surface area contributed by atoms with Gasteiger partial charge in [0.25, 0.3) is 5.91 Å². The summed E-state index contributed by atoms with van der Waals surface area (Å²) in [5.74, 6) is 0.101. The topological polar surface area (TPSA) is 122 Å². The number of fused-ring (bicyclic) bond motifs is 1. The van der Waals surface area contributed by atoms with Crippen molar-refractivity contribution in [3.63, 3.8) is 0 Å². The van der Waals surface area contributed by atoms with E-state index in [1.807, 2.05) is 78.9 Å². The van der Waals surface area contributed by atoms with Crippen LogP contribution in [0.5, 0.6) is 5.75 Å². The molecule has 2 heterocycles.